The summed E-state index contributed by atoms with van der Waals surface area (Å²) in [6, 6.07) is 10.2. The van der Waals surface area contributed by atoms with Gasteiger partial charge in [-0.25, -0.2) is 9.97 Å². The summed E-state index contributed by atoms with van der Waals surface area (Å²) in [5.41, 5.74) is 8.73. The minimum atomic E-state index is -0.513. The number of hydrogen-bond donors (Lipinski definition) is 1. The molecule has 0 bridgehead atoms. The normalized spacial score (nSPS) is 11.5. The van der Waals surface area contributed by atoms with E-state index in [0.29, 0.717) is 5.82 Å². The maximum absolute atomic E-state index is 6.00. The molecule has 0 amide bonds. The molecule has 3 heteroatoms. The zero-order chi connectivity index (χ0) is 12.5. The topological polar surface area (TPSA) is 51.8 Å². The highest BCUT2D eigenvalue weighted by Gasteiger charge is 2.17. The fourth-order valence-corrected chi connectivity index (χ4v) is 1.55. The third-order valence-electron chi connectivity index (χ3n) is 2.58. The van der Waals surface area contributed by atoms with Crippen molar-refractivity contribution in [3.8, 4) is 11.3 Å². The molecule has 1 heterocycles. The third-order valence-corrected chi connectivity index (χ3v) is 2.58. The Morgan fingerprint density at radius 2 is 1.71 bits per heavy atom. The van der Waals surface area contributed by atoms with Gasteiger partial charge in [-0.1, -0.05) is 29.8 Å². The summed E-state index contributed by atoms with van der Waals surface area (Å²) in [6.45, 7) is 5.88. The molecule has 0 spiro atoms. The highest BCUT2D eigenvalue weighted by molar-refractivity contribution is 5.59. The van der Waals surface area contributed by atoms with Crippen LogP contribution in [0.25, 0.3) is 11.3 Å². The lowest BCUT2D eigenvalue weighted by molar-refractivity contribution is 0.514. The number of nitrogens with two attached hydrogens (primary N) is 1. The Balaban J connectivity index is 2.43. The molecule has 0 radical (unpaired) electrons. The second-order valence-corrected chi connectivity index (χ2v) is 4.85. The van der Waals surface area contributed by atoms with Gasteiger partial charge in [0.15, 0.2) is 0 Å². The quantitative estimate of drug-likeness (QED) is 0.858. The average molecular weight is 227 g/mol. The lowest BCUT2D eigenvalue weighted by Gasteiger charge is -2.17. The molecule has 0 unspecified atom stereocenters. The lowest BCUT2D eigenvalue weighted by atomic mass is 10.1. The summed E-state index contributed by atoms with van der Waals surface area (Å²) in [7, 11) is 0. The molecule has 88 valence electrons. The van der Waals surface area contributed by atoms with Gasteiger partial charge in [-0.3, -0.25) is 0 Å². The van der Waals surface area contributed by atoms with Gasteiger partial charge in [0, 0.05) is 11.8 Å². The van der Waals surface area contributed by atoms with Crippen molar-refractivity contribution in [1.82, 2.24) is 9.97 Å². The first-order valence-corrected chi connectivity index (χ1v) is 5.66. The molecular formula is C14H17N3. The summed E-state index contributed by atoms with van der Waals surface area (Å²) in [4.78, 5) is 8.73. The van der Waals surface area contributed by atoms with Gasteiger partial charge in [-0.05, 0) is 26.8 Å². The highest BCUT2D eigenvalue weighted by Crippen LogP contribution is 2.19. The van der Waals surface area contributed by atoms with Gasteiger partial charge in [0.25, 0.3) is 0 Å². The van der Waals surface area contributed by atoms with E-state index in [1.54, 1.807) is 6.20 Å². The van der Waals surface area contributed by atoms with Crippen molar-refractivity contribution in [1.29, 1.82) is 0 Å². The summed E-state index contributed by atoms with van der Waals surface area (Å²) in [5.74, 6) is 0.663. The first-order valence-electron chi connectivity index (χ1n) is 5.66. The summed E-state index contributed by atoms with van der Waals surface area (Å²) >= 11 is 0. The van der Waals surface area contributed by atoms with Crippen LogP contribution < -0.4 is 5.73 Å². The molecule has 0 atom stereocenters. The van der Waals surface area contributed by atoms with Crippen molar-refractivity contribution in [2.24, 2.45) is 5.73 Å². The smallest absolute Gasteiger partial charge is 0.148 e. The molecule has 0 aliphatic rings. The van der Waals surface area contributed by atoms with E-state index < -0.39 is 5.54 Å². The first-order chi connectivity index (χ1) is 7.97. The summed E-state index contributed by atoms with van der Waals surface area (Å²) in [5, 5.41) is 0. The third kappa shape index (κ3) is 2.68. The molecule has 0 aliphatic carbocycles. The molecule has 2 rings (SSSR count). The molecule has 0 saturated heterocycles. The zero-order valence-electron chi connectivity index (χ0n) is 10.4. The SMILES string of the molecule is Cc1ccc(-c2ccnc(C(C)(C)N)n2)cc1. The number of hydrogen-bond acceptors (Lipinski definition) is 3. The molecule has 17 heavy (non-hydrogen) atoms. The number of rotatable bonds is 2. The Hall–Kier alpha value is -1.74. The van der Waals surface area contributed by atoms with Crippen molar-refractivity contribution in [3.05, 3.63) is 47.9 Å². The van der Waals surface area contributed by atoms with Crippen LogP contribution in [-0.2, 0) is 5.54 Å². The van der Waals surface area contributed by atoms with E-state index in [1.165, 1.54) is 5.56 Å². The largest absolute Gasteiger partial charge is 0.319 e. The van der Waals surface area contributed by atoms with Crippen LogP contribution >= 0.6 is 0 Å². The van der Waals surface area contributed by atoms with Crippen molar-refractivity contribution in [2.75, 3.05) is 0 Å². The minimum Gasteiger partial charge on any atom is -0.319 e. The van der Waals surface area contributed by atoms with Crippen LogP contribution in [0.2, 0.25) is 0 Å². The predicted molar refractivity (Wildman–Crippen MR) is 69.4 cm³/mol. The molecule has 1 aromatic carbocycles. The van der Waals surface area contributed by atoms with E-state index in [2.05, 4.69) is 41.2 Å². The second kappa shape index (κ2) is 4.26. The Bertz CT molecular complexity index is 510. The van der Waals surface area contributed by atoms with Gasteiger partial charge in [-0.15, -0.1) is 0 Å². The summed E-state index contributed by atoms with van der Waals surface area (Å²) < 4.78 is 0. The second-order valence-electron chi connectivity index (χ2n) is 4.85. The Kier molecular flexibility index (Phi) is 2.94. The minimum absolute atomic E-state index is 0.513. The van der Waals surface area contributed by atoms with Crippen LogP contribution in [-0.4, -0.2) is 9.97 Å². The summed E-state index contributed by atoms with van der Waals surface area (Å²) in [6.07, 6.45) is 1.76. The number of benzene rings is 1. The number of aryl methyl sites for hydroxylation is 1. The highest BCUT2D eigenvalue weighted by atomic mass is 14.9. The number of aromatic nitrogens is 2. The zero-order valence-corrected chi connectivity index (χ0v) is 10.4. The fourth-order valence-electron chi connectivity index (χ4n) is 1.55. The standard InChI is InChI=1S/C14H17N3/c1-10-4-6-11(7-5-10)12-8-9-16-13(17-12)14(2,3)15/h4-9H,15H2,1-3H3. The van der Waals surface area contributed by atoms with E-state index >= 15 is 0 Å². The molecule has 2 N–H and O–H groups in total. The molecule has 3 nitrogen and oxygen atoms in total. The lowest BCUT2D eigenvalue weighted by Crippen LogP contribution is -2.31. The van der Waals surface area contributed by atoms with Gasteiger partial charge in [0.2, 0.25) is 0 Å². The number of nitrogens with zero attached hydrogens (tertiary/aromatic N) is 2. The van der Waals surface area contributed by atoms with Crippen molar-refractivity contribution in [3.63, 3.8) is 0 Å². The molecular weight excluding hydrogens is 210 g/mol. The monoisotopic (exact) mass is 227 g/mol. The Morgan fingerprint density at radius 1 is 1.06 bits per heavy atom. The van der Waals surface area contributed by atoms with Gasteiger partial charge in [-0.2, -0.15) is 0 Å². The molecule has 0 fully saturated rings. The maximum Gasteiger partial charge on any atom is 0.148 e. The van der Waals surface area contributed by atoms with Crippen LogP contribution in [0.4, 0.5) is 0 Å². The molecule has 2 aromatic rings. The van der Waals surface area contributed by atoms with Gasteiger partial charge in [0.05, 0.1) is 11.2 Å². The van der Waals surface area contributed by atoms with Crippen molar-refractivity contribution >= 4 is 0 Å². The van der Waals surface area contributed by atoms with Crippen LogP contribution in [0.3, 0.4) is 0 Å². The Labute approximate surface area is 102 Å². The van der Waals surface area contributed by atoms with Crippen LogP contribution in [0, 0.1) is 6.92 Å². The van der Waals surface area contributed by atoms with Crippen LogP contribution in [0.1, 0.15) is 25.2 Å². The van der Waals surface area contributed by atoms with Crippen LogP contribution in [0.15, 0.2) is 36.5 Å². The van der Waals surface area contributed by atoms with Crippen molar-refractivity contribution in [2.45, 2.75) is 26.3 Å². The van der Waals surface area contributed by atoms with Crippen LogP contribution in [0.5, 0.6) is 0 Å². The van der Waals surface area contributed by atoms with Gasteiger partial charge >= 0.3 is 0 Å². The maximum atomic E-state index is 6.00. The molecule has 1 aromatic heterocycles. The van der Waals surface area contributed by atoms with E-state index in [-0.39, 0.29) is 0 Å². The van der Waals surface area contributed by atoms with Gasteiger partial charge in [0.1, 0.15) is 5.82 Å². The van der Waals surface area contributed by atoms with E-state index in [4.69, 9.17) is 5.73 Å². The molecule has 0 aliphatic heterocycles. The van der Waals surface area contributed by atoms with Crippen molar-refractivity contribution < 1.29 is 0 Å². The fraction of sp³-hybridized carbons (Fsp3) is 0.286. The predicted octanol–water partition coefficient (Wildman–Crippen LogP) is 2.65. The van der Waals surface area contributed by atoms with E-state index in [0.717, 1.165) is 11.3 Å². The van der Waals surface area contributed by atoms with Gasteiger partial charge < -0.3 is 5.73 Å². The Morgan fingerprint density at radius 3 is 2.29 bits per heavy atom. The first kappa shape index (κ1) is 11.7. The van der Waals surface area contributed by atoms with E-state index in [1.807, 2.05) is 19.9 Å². The molecule has 0 saturated carbocycles. The van der Waals surface area contributed by atoms with E-state index in [9.17, 15) is 0 Å². The average Bonchev–Trinajstić information content (AvgIpc) is 2.29.